The number of thioether (sulfide) groups is 1. The number of rotatable bonds is 5. The number of hydrogen-bond acceptors (Lipinski definition) is 5. The van der Waals surface area contributed by atoms with Gasteiger partial charge in [-0.3, -0.25) is 19.4 Å². The van der Waals surface area contributed by atoms with E-state index in [1.54, 1.807) is 7.05 Å². The second-order valence-electron chi connectivity index (χ2n) is 4.24. The van der Waals surface area contributed by atoms with Crippen LogP contribution in [0.25, 0.3) is 0 Å². The monoisotopic (exact) mass is 256 g/mol. The second kappa shape index (κ2) is 5.05. The summed E-state index contributed by atoms with van der Waals surface area (Å²) in [4.78, 5) is 25.9. The Bertz CT molecular complexity index is 506. The van der Waals surface area contributed by atoms with Gasteiger partial charge in [0.1, 0.15) is 0 Å². The van der Waals surface area contributed by atoms with Gasteiger partial charge in [-0.25, -0.2) is 0 Å². The molecule has 94 valence electrons. The van der Waals surface area contributed by atoms with Gasteiger partial charge in [0.25, 0.3) is 0 Å². The molecular weight excluding hydrogens is 240 g/mol. The fourth-order valence-electron chi connectivity index (χ4n) is 1.71. The maximum atomic E-state index is 11.2. The second-order valence-corrected chi connectivity index (χ2v) is 5.23. The standard InChI is InChI=1S/C10H16N4O2S/c1-11-7(6-3-4-6)5-17-10-12-8(15)9(16)13-14(10)2/h6-7,11H,3-5H2,1-2H3,(H,13,16). The fraction of sp³-hybridized carbons (Fsp3) is 0.700. The van der Waals surface area contributed by atoms with Gasteiger partial charge in [0.15, 0.2) is 5.16 Å². The minimum atomic E-state index is -0.724. The Hall–Kier alpha value is -1.08. The third-order valence-corrected chi connectivity index (χ3v) is 4.05. The largest absolute Gasteiger partial charge is 0.339 e. The topological polar surface area (TPSA) is 79.8 Å². The van der Waals surface area contributed by atoms with Crippen LogP contribution in [-0.4, -0.2) is 33.6 Å². The molecule has 7 heteroatoms. The highest BCUT2D eigenvalue weighted by atomic mass is 32.2. The van der Waals surface area contributed by atoms with Crippen LogP contribution in [0.15, 0.2) is 14.7 Å². The van der Waals surface area contributed by atoms with Crippen LogP contribution in [0.3, 0.4) is 0 Å². The highest BCUT2D eigenvalue weighted by Gasteiger charge is 2.30. The van der Waals surface area contributed by atoms with E-state index in [0.717, 1.165) is 11.7 Å². The van der Waals surface area contributed by atoms with Crippen molar-refractivity contribution in [2.75, 3.05) is 12.8 Å². The molecule has 0 spiro atoms. The summed E-state index contributed by atoms with van der Waals surface area (Å²) in [6, 6.07) is 0.448. The van der Waals surface area contributed by atoms with E-state index in [1.165, 1.54) is 29.3 Å². The summed E-state index contributed by atoms with van der Waals surface area (Å²) >= 11 is 1.49. The maximum Gasteiger partial charge on any atom is 0.339 e. The van der Waals surface area contributed by atoms with Crippen molar-refractivity contribution >= 4 is 11.8 Å². The lowest BCUT2D eigenvalue weighted by atomic mass is 10.2. The Kier molecular flexibility index (Phi) is 3.68. The van der Waals surface area contributed by atoms with Gasteiger partial charge in [-0.1, -0.05) is 11.8 Å². The Morgan fingerprint density at radius 1 is 1.59 bits per heavy atom. The predicted molar refractivity (Wildman–Crippen MR) is 66.4 cm³/mol. The summed E-state index contributed by atoms with van der Waals surface area (Å²) in [6.45, 7) is 0. The van der Waals surface area contributed by atoms with Gasteiger partial charge in [-0.15, -0.1) is 0 Å². The molecule has 0 bridgehead atoms. The molecule has 1 atom stereocenters. The quantitative estimate of drug-likeness (QED) is 0.551. The normalized spacial score (nSPS) is 17.1. The van der Waals surface area contributed by atoms with Gasteiger partial charge in [-0.2, -0.15) is 4.98 Å². The maximum absolute atomic E-state index is 11.2. The first-order chi connectivity index (χ1) is 8.11. The van der Waals surface area contributed by atoms with E-state index in [-0.39, 0.29) is 0 Å². The van der Waals surface area contributed by atoms with Crippen molar-refractivity contribution in [1.29, 1.82) is 0 Å². The zero-order valence-corrected chi connectivity index (χ0v) is 10.7. The van der Waals surface area contributed by atoms with Crippen molar-refractivity contribution in [3.8, 4) is 0 Å². The summed E-state index contributed by atoms with van der Waals surface area (Å²) in [5, 5.41) is 6.26. The van der Waals surface area contributed by atoms with Crippen molar-refractivity contribution in [2.45, 2.75) is 24.0 Å². The third-order valence-electron chi connectivity index (χ3n) is 2.90. The smallest absolute Gasteiger partial charge is 0.316 e. The highest BCUT2D eigenvalue weighted by molar-refractivity contribution is 7.99. The molecule has 0 saturated heterocycles. The summed E-state index contributed by atoms with van der Waals surface area (Å²) < 4.78 is 1.49. The van der Waals surface area contributed by atoms with Crippen LogP contribution in [0.4, 0.5) is 0 Å². The molecule has 0 amide bonds. The lowest BCUT2D eigenvalue weighted by Gasteiger charge is -2.14. The molecule has 1 aliphatic carbocycles. The Labute approximate surface area is 103 Å². The average molecular weight is 256 g/mol. The molecular formula is C10H16N4O2S. The summed E-state index contributed by atoms with van der Waals surface area (Å²) in [6.07, 6.45) is 2.54. The molecule has 0 aliphatic heterocycles. The van der Waals surface area contributed by atoms with Crippen LogP contribution in [0.5, 0.6) is 0 Å². The number of aryl methyl sites for hydroxylation is 1. The van der Waals surface area contributed by atoms with Crippen molar-refractivity contribution in [3.05, 3.63) is 20.7 Å². The lowest BCUT2D eigenvalue weighted by Crippen LogP contribution is -2.35. The third kappa shape index (κ3) is 2.98. The molecule has 2 rings (SSSR count). The van der Waals surface area contributed by atoms with E-state index in [0.29, 0.717) is 11.2 Å². The average Bonchev–Trinajstić information content (AvgIpc) is 3.10. The molecule has 17 heavy (non-hydrogen) atoms. The van der Waals surface area contributed by atoms with Crippen LogP contribution in [0.2, 0.25) is 0 Å². The molecule has 1 fully saturated rings. The van der Waals surface area contributed by atoms with Gasteiger partial charge in [0.05, 0.1) is 0 Å². The molecule has 1 aromatic rings. The number of hydrogen-bond donors (Lipinski definition) is 2. The van der Waals surface area contributed by atoms with Crippen molar-refractivity contribution in [3.63, 3.8) is 0 Å². The number of H-pyrrole nitrogens is 1. The van der Waals surface area contributed by atoms with Crippen LogP contribution < -0.4 is 16.4 Å². The van der Waals surface area contributed by atoms with E-state index in [2.05, 4.69) is 15.4 Å². The molecule has 1 aromatic heterocycles. The minimum Gasteiger partial charge on any atom is -0.316 e. The summed E-state index contributed by atoms with van der Waals surface area (Å²) in [5.74, 6) is 1.60. The van der Waals surface area contributed by atoms with Gasteiger partial charge in [0.2, 0.25) is 0 Å². The molecule has 0 aromatic carbocycles. The minimum absolute atomic E-state index is 0.448. The SMILES string of the molecule is CNC(CSc1nc(=O)c(=O)[nH]n1C)C1CC1. The van der Waals surface area contributed by atoms with Gasteiger partial charge in [-0.05, 0) is 25.8 Å². The highest BCUT2D eigenvalue weighted by Crippen LogP contribution is 2.34. The van der Waals surface area contributed by atoms with Gasteiger partial charge < -0.3 is 5.32 Å². The number of aromatic amines is 1. The van der Waals surface area contributed by atoms with Crippen LogP contribution in [0.1, 0.15) is 12.8 Å². The molecule has 1 saturated carbocycles. The van der Waals surface area contributed by atoms with Gasteiger partial charge >= 0.3 is 11.1 Å². The van der Waals surface area contributed by atoms with Crippen molar-refractivity contribution < 1.29 is 0 Å². The van der Waals surface area contributed by atoms with Gasteiger partial charge in [0, 0.05) is 18.8 Å². The molecule has 1 unspecified atom stereocenters. The number of nitrogens with zero attached hydrogens (tertiary/aromatic N) is 2. The number of aromatic nitrogens is 3. The zero-order chi connectivity index (χ0) is 12.4. The first-order valence-corrected chi connectivity index (χ1v) is 6.58. The van der Waals surface area contributed by atoms with Crippen LogP contribution in [-0.2, 0) is 7.05 Å². The van der Waals surface area contributed by atoms with E-state index in [4.69, 9.17) is 0 Å². The van der Waals surface area contributed by atoms with Crippen molar-refractivity contribution in [2.24, 2.45) is 13.0 Å². The summed E-state index contributed by atoms with van der Waals surface area (Å²) in [5.41, 5.74) is -1.40. The van der Waals surface area contributed by atoms with E-state index in [1.807, 2.05) is 7.05 Å². The molecule has 6 nitrogen and oxygen atoms in total. The molecule has 0 radical (unpaired) electrons. The van der Waals surface area contributed by atoms with E-state index in [9.17, 15) is 9.59 Å². The van der Waals surface area contributed by atoms with Crippen LogP contribution >= 0.6 is 11.8 Å². The Morgan fingerprint density at radius 2 is 2.29 bits per heavy atom. The first-order valence-electron chi connectivity index (χ1n) is 5.59. The zero-order valence-electron chi connectivity index (χ0n) is 9.90. The van der Waals surface area contributed by atoms with E-state index < -0.39 is 11.1 Å². The van der Waals surface area contributed by atoms with E-state index >= 15 is 0 Å². The molecule has 1 heterocycles. The van der Waals surface area contributed by atoms with Crippen LogP contribution in [0, 0.1) is 5.92 Å². The number of nitrogens with one attached hydrogen (secondary N) is 2. The van der Waals surface area contributed by atoms with Crippen molar-refractivity contribution in [1.82, 2.24) is 20.1 Å². The predicted octanol–water partition coefficient (Wildman–Crippen LogP) is -0.441. The Balaban J connectivity index is 2.05. The molecule has 1 aliphatic rings. The first kappa shape index (κ1) is 12.4. The Morgan fingerprint density at radius 3 is 2.88 bits per heavy atom. The fourth-order valence-corrected chi connectivity index (χ4v) is 2.86. The summed E-state index contributed by atoms with van der Waals surface area (Å²) in [7, 11) is 3.63. The molecule has 2 N–H and O–H groups in total. The lowest BCUT2D eigenvalue weighted by molar-refractivity contribution is 0.549.